The molecule has 20 heavy (non-hydrogen) atoms. The Kier molecular flexibility index (Phi) is 3.50. The third kappa shape index (κ3) is 2.57. The Morgan fingerprint density at radius 2 is 2.00 bits per heavy atom. The van der Waals surface area contributed by atoms with Gasteiger partial charge < -0.3 is 15.8 Å². The summed E-state index contributed by atoms with van der Waals surface area (Å²) < 4.78 is 5.46. The number of anilines is 2. The van der Waals surface area contributed by atoms with Gasteiger partial charge in [-0.1, -0.05) is 6.07 Å². The van der Waals surface area contributed by atoms with E-state index in [1.807, 2.05) is 25.1 Å². The zero-order chi connectivity index (χ0) is 13.9. The number of nitrogens with one attached hydrogen (secondary N) is 1. The highest BCUT2D eigenvalue weighted by Gasteiger charge is 2.22. The Balaban J connectivity index is 1.73. The zero-order valence-electron chi connectivity index (χ0n) is 11.7. The van der Waals surface area contributed by atoms with E-state index in [1.165, 1.54) is 11.1 Å². The van der Waals surface area contributed by atoms with Crippen LogP contribution >= 0.6 is 0 Å². The third-order valence-corrected chi connectivity index (χ3v) is 3.75. The number of nitrogen functional groups attached to an aromatic ring is 1. The lowest BCUT2D eigenvalue weighted by atomic mass is 10.1. The van der Waals surface area contributed by atoms with Crippen molar-refractivity contribution in [1.29, 1.82) is 0 Å². The van der Waals surface area contributed by atoms with Crippen LogP contribution in [-0.2, 0) is 6.42 Å². The molecule has 3 N–H and O–H groups in total. The molecular formula is C17H20N2O. The van der Waals surface area contributed by atoms with Crippen molar-refractivity contribution in [3.63, 3.8) is 0 Å². The molecule has 1 atom stereocenters. The molecule has 1 aliphatic rings. The highest BCUT2D eigenvalue weighted by molar-refractivity contribution is 5.53. The standard InChI is InChI=1S/C17H20N2O/c1-2-20-15-7-5-14(6-8-15)19-17-10-3-12-11-13(18)4-9-16(12)17/h4-9,11,17,19H,2-3,10,18H2,1H3. The van der Waals surface area contributed by atoms with Crippen LogP contribution in [0.25, 0.3) is 0 Å². The Labute approximate surface area is 119 Å². The molecule has 0 heterocycles. The van der Waals surface area contributed by atoms with Crippen LogP contribution in [0.2, 0.25) is 0 Å². The Morgan fingerprint density at radius 3 is 2.75 bits per heavy atom. The number of ether oxygens (including phenoxy) is 1. The molecule has 0 amide bonds. The van der Waals surface area contributed by atoms with Crippen LogP contribution in [0.1, 0.15) is 30.5 Å². The topological polar surface area (TPSA) is 47.3 Å². The first-order valence-corrected chi connectivity index (χ1v) is 7.14. The maximum absolute atomic E-state index is 5.84. The highest BCUT2D eigenvalue weighted by atomic mass is 16.5. The summed E-state index contributed by atoms with van der Waals surface area (Å²) in [5, 5.41) is 3.59. The normalized spacial score (nSPS) is 16.8. The molecule has 3 heteroatoms. The maximum Gasteiger partial charge on any atom is 0.119 e. The van der Waals surface area contributed by atoms with Crippen LogP contribution in [0.3, 0.4) is 0 Å². The van der Waals surface area contributed by atoms with Gasteiger partial charge in [-0.3, -0.25) is 0 Å². The molecule has 0 spiro atoms. The summed E-state index contributed by atoms with van der Waals surface area (Å²) in [5.41, 5.74) is 10.6. The molecule has 0 aromatic heterocycles. The van der Waals surface area contributed by atoms with E-state index in [1.54, 1.807) is 0 Å². The number of nitrogens with two attached hydrogens (primary N) is 1. The van der Waals surface area contributed by atoms with Crippen molar-refractivity contribution in [3.05, 3.63) is 53.6 Å². The molecule has 2 aromatic rings. The summed E-state index contributed by atoms with van der Waals surface area (Å²) in [5.74, 6) is 0.914. The SMILES string of the molecule is CCOc1ccc(NC2CCc3cc(N)ccc32)cc1. The monoisotopic (exact) mass is 268 g/mol. The molecule has 1 unspecified atom stereocenters. The molecule has 3 rings (SSSR count). The summed E-state index contributed by atoms with van der Waals surface area (Å²) in [4.78, 5) is 0. The van der Waals surface area contributed by atoms with Crippen molar-refractivity contribution in [2.75, 3.05) is 17.7 Å². The largest absolute Gasteiger partial charge is 0.494 e. The summed E-state index contributed by atoms with van der Waals surface area (Å²) in [6, 6.07) is 14.7. The van der Waals surface area contributed by atoms with E-state index < -0.39 is 0 Å². The molecule has 1 aliphatic carbocycles. The van der Waals surface area contributed by atoms with Gasteiger partial charge in [0, 0.05) is 11.4 Å². The van der Waals surface area contributed by atoms with E-state index in [4.69, 9.17) is 10.5 Å². The number of benzene rings is 2. The Morgan fingerprint density at radius 1 is 1.20 bits per heavy atom. The van der Waals surface area contributed by atoms with Crippen LogP contribution in [-0.4, -0.2) is 6.61 Å². The molecule has 0 fully saturated rings. The van der Waals surface area contributed by atoms with Crippen molar-refractivity contribution >= 4 is 11.4 Å². The van der Waals surface area contributed by atoms with Crippen molar-refractivity contribution in [2.45, 2.75) is 25.8 Å². The number of hydrogen-bond acceptors (Lipinski definition) is 3. The lowest BCUT2D eigenvalue weighted by Crippen LogP contribution is -2.07. The van der Waals surface area contributed by atoms with Crippen molar-refractivity contribution in [1.82, 2.24) is 0 Å². The van der Waals surface area contributed by atoms with Crippen LogP contribution in [0, 0.1) is 0 Å². The predicted octanol–water partition coefficient (Wildman–Crippen LogP) is 3.77. The summed E-state index contributed by atoms with van der Waals surface area (Å²) in [7, 11) is 0. The van der Waals surface area contributed by atoms with Gasteiger partial charge >= 0.3 is 0 Å². The van der Waals surface area contributed by atoms with Crippen LogP contribution in [0.15, 0.2) is 42.5 Å². The van der Waals surface area contributed by atoms with E-state index in [0.717, 1.165) is 30.0 Å². The van der Waals surface area contributed by atoms with Gasteiger partial charge in [0.15, 0.2) is 0 Å². The molecule has 0 aliphatic heterocycles. The smallest absolute Gasteiger partial charge is 0.119 e. The second-order valence-electron chi connectivity index (χ2n) is 5.15. The summed E-state index contributed by atoms with van der Waals surface area (Å²) in [6.45, 7) is 2.69. The second kappa shape index (κ2) is 5.45. The number of aryl methyl sites for hydroxylation is 1. The molecule has 104 valence electrons. The van der Waals surface area contributed by atoms with Gasteiger partial charge in [0.2, 0.25) is 0 Å². The molecule has 0 radical (unpaired) electrons. The molecule has 0 bridgehead atoms. The van der Waals surface area contributed by atoms with E-state index in [0.29, 0.717) is 12.6 Å². The van der Waals surface area contributed by atoms with E-state index in [2.05, 4.69) is 29.6 Å². The molecule has 0 saturated carbocycles. The lowest BCUT2D eigenvalue weighted by molar-refractivity contribution is 0.340. The molecular weight excluding hydrogens is 248 g/mol. The number of rotatable bonds is 4. The van der Waals surface area contributed by atoms with E-state index in [9.17, 15) is 0 Å². The van der Waals surface area contributed by atoms with Gasteiger partial charge in [-0.15, -0.1) is 0 Å². The fourth-order valence-electron chi connectivity index (χ4n) is 2.80. The van der Waals surface area contributed by atoms with Crippen molar-refractivity contribution in [3.8, 4) is 5.75 Å². The first-order valence-electron chi connectivity index (χ1n) is 7.14. The minimum absolute atomic E-state index is 0.378. The van der Waals surface area contributed by atoms with Gasteiger partial charge in [-0.2, -0.15) is 0 Å². The second-order valence-corrected chi connectivity index (χ2v) is 5.15. The summed E-state index contributed by atoms with van der Waals surface area (Å²) >= 11 is 0. The van der Waals surface area contributed by atoms with Gasteiger partial charge in [0.25, 0.3) is 0 Å². The van der Waals surface area contributed by atoms with Gasteiger partial charge in [-0.05, 0) is 67.3 Å². The van der Waals surface area contributed by atoms with E-state index in [-0.39, 0.29) is 0 Å². The predicted molar refractivity (Wildman–Crippen MR) is 83.2 cm³/mol. The maximum atomic E-state index is 5.84. The van der Waals surface area contributed by atoms with Crippen LogP contribution in [0.4, 0.5) is 11.4 Å². The summed E-state index contributed by atoms with van der Waals surface area (Å²) in [6.07, 6.45) is 2.21. The van der Waals surface area contributed by atoms with Crippen molar-refractivity contribution < 1.29 is 4.74 Å². The fourth-order valence-corrected chi connectivity index (χ4v) is 2.80. The van der Waals surface area contributed by atoms with Gasteiger partial charge in [0.1, 0.15) is 5.75 Å². The van der Waals surface area contributed by atoms with Gasteiger partial charge in [0.05, 0.1) is 12.6 Å². The minimum Gasteiger partial charge on any atom is -0.494 e. The van der Waals surface area contributed by atoms with Crippen LogP contribution in [0.5, 0.6) is 5.75 Å². The first kappa shape index (κ1) is 12.9. The molecule has 3 nitrogen and oxygen atoms in total. The quantitative estimate of drug-likeness (QED) is 0.830. The minimum atomic E-state index is 0.378. The fraction of sp³-hybridized carbons (Fsp3) is 0.294. The third-order valence-electron chi connectivity index (χ3n) is 3.75. The average molecular weight is 268 g/mol. The Bertz CT molecular complexity index is 592. The Hall–Kier alpha value is -2.16. The van der Waals surface area contributed by atoms with Gasteiger partial charge in [-0.25, -0.2) is 0 Å². The molecule has 0 saturated heterocycles. The van der Waals surface area contributed by atoms with Crippen LogP contribution < -0.4 is 15.8 Å². The highest BCUT2D eigenvalue weighted by Crippen LogP contribution is 2.35. The van der Waals surface area contributed by atoms with E-state index >= 15 is 0 Å². The first-order chi connectivity index (χ1) is 9.76. The number of hydrogen-bond donors (Lipinski definition) is 2. The van der Waals surface area contributed by atoms with Crippen molar-refractivity contribution in [2.24, 2.45) is 0 Å². The lowest BCUT2D eigenvalue weighted by Gasteiger charge is -2.16. The zero-order valence-corrected chi connectivity index (χ0v) is 11.7. The average Bonchev–Trinajstić information content (AvgIpc) is 2.83. The number of fused-ring (bicyclic) bond motifs is 1. The molecule has 2 aromatic carbocycles.